The highest BCUT2D eigenvalue weighted by Crippen LogP contribution is 2.36. The molecule has 4 aromatic rings. The quantitative estimate of drug-likeness (QED) is 0.385. The van der Waals surface area contributed by atoms with Gasteiger partial charge in [0.2, 0.25) is 0 Å². The molecule has 0 spiro atoms. The number of rotatable bonds is 4. The lowest BCUT2D eigenvalue weighted by Gasteiger charge is -2.15. The molecule has 0 unspecified atom stereocenters. The van der Waals surface area contributed by atoms with Crippen LogP contribution in [0.1, 0.15) is 27.2 Å². The van der Waals surface area contributed by atoms with Gasteiger partial charge in [0.15, 0.2) is 0 Å². The fourth-order valence-electron chi connectivity index (χ4n) is 3.34. The molecular formula is C22H15F6N5O. The number of aromatic nitrogens is 4. The molecule has 0 radical (unpaired) electrons. The van der Waals surface area contributed by atoms with E-state index in [2.05, 4.69) is 15.5 Å². The Bertz CT molecular complexity index is 1340. The Kier molecular flexibility index (Phi) is 5.67. The number of nitrogens with one attached hydrogen (secondary N) is 1. The Balaban J connectivity index is 1.65. The van der Waals surface area contributed by atoms with Crippen LogP contribution in [0.4, 0.5) is 32.0 Å². The molecule has 2 aromatic carbocycles. The summed E-state index contributed by atoms with van der Waals surface area (Å²) in [6.07, 6.45) is -5.39. The van der Waals surface area contributed by atoms with E-state index in [0.717, 1.165) is 35.1 Å². The normalized spacial score (nSPS) is 12.1. The van der Waals surface area contributed by atoms with Gasteiger partial charge in [-0.05, 0) is 49.4 Å². The average Bonchev–Trinajstić information content (AvgIpc) is 3.43. The molecule has 0 atom stereocenters. The molecule has 2 heterocycles. The molecule has 4 rings (SSSR count). The molecule has 0 aliphatic carbocycles. The number of hydrogen-bond acceptors (Lipinski definition) is 3. The minimum atomic E-state index is -4.77. The van der Waals surface area contributed by atoms with Crippen LogP contribution in [0, 0.1) is 6.92 Å². The van der Waals surface area contributed by atoms with E-state index in [1.807, 2.05) is 0 Å². The summed E-state index contributed by atoms with van der Waals surface area (Å²) >= 11 is 0. The summed E-state index contributed by atoms with van der Waals surface area (Å²) in [5.41, 5.74) is -2.23. The van der Waals surface area contributed by atoms with Crippen LogP contribution in [-0.2, 0) is 12.4 Å². The summed E-state index contributed by atoms with van der Waals surface area (Å²) in [5, 5.41) is 10.1. The topological polar surface area (TPSA) is 64.7 Å². The number of hydrogen-bond donors (Lipinski definition) is 1. The van der Waals surface area contributed by atoms with Crippen molar-refractivity contribution in [1.29, 1.82) is 0 Å². The second-order valence-corrected chi connectivity index (χ2v) is 7.24. The van der Waals surface area contributed by atoms with Crippen LogP contribution in [0.15, 0.2) is 67.1 Å². The van der Waals surface area contributed by atoms with Gasteiger partial charge in [-0.2, -0.15) is 36.5 Å². The predicted molar refractivity (Wildman–Crippen MR) is 110 cm³/mol. The number of carbonyl (C=O) groups excluding carboxylic acids is 1. The molecule has 34 heavy (non-hydrogen) atoms. The van der Waals surface area contributed by atoms with E-state index in [1.165, 1.54) is 42.2 Å². The van der Waals surface area contributed by atoms with Gasteiger partial charge in [0.25, 0.3) is 5.91 Å². The fourth-order valence-corrected chi connectivity index (χ4v) is 3.34. The molecule has 0 aliphatic heterocycles. The largest absolute Gasteiger partial charge is 0.418 e. The van der Waals surface area contributed by atoms with Gasteiger partial charge in [-0.1, -0.05) is 6.07 Å². The van der Waals surface area contributed by atoms with Gasteiger partial charge in [-0.15, -0.1) is 0 Å². The molecule has 0 saturated carbocycles. The Morgan fingerprint density at radius 2 is 1.68 bits per heavy atom. The van der Waals surface area contributed by atoms with E-state index in [1.54, 1.807) is 6.07 Å². The Morgan fingerprint density at radius 3 is 2.32 bits per heavy atom. The lowest BCUT2D eigenvalue weighted by atomic mass is 10.1. The third kappa shape index (κ3) is 4.51. The third-order valence-electron chi connectivity index (χ3n) is 5.00. The summed E-state index contributed by atoms with van der Waals surface area (Å²) in [6, 6.07) is 9.16. The summed E-state index contributed by atoms with van der Waals surface area (Å²) in [4.78, 5) is 12.8. The minimum absolute atomic E-state index is 0.0472. The number of halogens is 6. The molecule has 0 fully saturated rings. The number of carbonyl (C=O) groups is 1. The Hall–Kier alpha value is -4.09. The Morgan fingerprint density at radius 1 is 0.912 bits per heavy atom. The smallest absolute Gasteiger partial charge is 0.321 e. The summed E-state index contributed by atoms with van der Waals surface area (Å²) < 4.78 is 82.4. The zero-order chi connectivity index (χ0) is 24.7. The molecule has 0 bridgehead atoms. The van der Waals surface area contributed by atoms with E-state index in [0.29, 0.717) is 0 Å². The second kappa shape index (κ2) is 8.36. The lowest BCUT2D eigenvalue weighted by Crippen LogP contribution is -2.18. The molecule has 12 heteroatoms. The maximum atomic E-state index is 13.7. The first-order valence-corrected chi connectivity index (χ1v) is 9.70. The van der Waals surface area contributed by atoms with Crippen LogP contribution in [0.5, 0.6) is 0 Å². The van der Waals surface area contributed by atoms with Crippen molar-refractivity contribution in [1.82, 2.24) is 19.6 Å². The van der Waals surface area contributed by atoms with E-state index in [4.69, 9.17) is 0 Å². The van der Waals surface area contributed by atoms with Crippen molar-refractivity contribution in [3.8, 4) is 11.4 Å². The number of nitrogens with zero attached hydrogens (tertiary/aromatic N) is 4. The van der Waals surface area contributed by atoms with Crippen molar-refractivity contribution >= 4 is 11.6 Å². The highest BCUT2D eigenvalue weighted by atomic mass is 19.4. The SMILES string of the molecule is Cc1c(C(=O)Nc2ccc(-n3cccn3)cc2C(F)(F)F)cnn1-c1cccc(C(F)(F)F)c1. The third-order valence-corrected chi connectivity index (χ3v) is 5.00. The molecule has 1 N–H and O–H groups in total. The summed E-state index contributed by atoms with van der Waals surface area (Å²) in [7, 11) is 0. The van der Waals surface area contributed by atoms with Crippen molar-refractivity contribution in [3.63, 3.8) is 0 Å². The van der Waals surface area contributed by atoms with Gasteiger partial charge in [0.05, 0.1) is 45.6 Å². The summed E-state index contributed by atoms with van der Waals surface area (Å²) in [5.74, 6) is -0.895. The molecule has 0 saturated heterocycles. The highest BCUT2D eigenvalue weighted by Gasteiger charge is 2.35. The number of benzene rings is 2. The van der Waals surface area contributed by atoms with Crippen molar-refractivity contribution in [3.05, 3.63) is 89.5 Å². The maximum Gasteiger partial charge on any atom is 0.418 e. The van der Waals surface area contributed by atoms with Gasteiger partial charge in [0.1, 0.15) is 0 Å². The van der Waals surface area contributed by atoms with E-state index in [9.17, 15) is 31.1 Å². The van der Waals surface area contributed by atoms with Crippen molar-refractivity contribution in [2.45, 2.75) is 19.3 Å². The maximum absolute atomic E-state index is 13.7. The summed E-state index contributed by atoms with van der Waals surface area (Å²) in [6.45, 7) is 1.42. The van der Waals surface area contributed by atoms with Crippen LogP contribution in [0.2, 0.25) is 0 Å². The number of anilines is 1. The lowest BCUT2D eigenvalue weighted by molar-refractivity contribution is -0.138. The van der Waals surface area contributed by atoms with Crippen LogP contribution in [0.3, 0.4) is 0 Å². The van der Waals surface area contributed by atoms with Crippen molar-refractivity contribution < 1.29 is 31.1 Å². The minimum Gasteiger partial charge on any atom is -0.321 e. The van der Waals surface area contributed by atoms with Crippen molar-refractivity contribution in [2.75, 3.05) is 5.32 Å². The zero-order valence-electron chi connectivity index (χ0n) is 17.3. The van der Waals surface area contributed by atoms with Crippen molar-refractivity contribution in [2.24, 2.45) is 0 Å². The van der Waals surface area contributed by atoms with Gasteiger partial charge < -0.3 is 5.32 Å². The molecule has 1 amide bonds. The molecular weight excluding hydrogens is 464 g/mol. The first kappa shape index (κ1) is 23.1. The fraction of sp³-hybridized carbons (Fsp3) is 0.136. The second-order valence-electron chi connectivity index (χ2n) is 7.24. The number of amides is 1. The van der Waals surface area contributed by atoms with E-state index < -0.39 is 35.1 Å². The van der Waals surface area contributed by atoms with Crippen LogP contribution in [0.25, 0.3) is 11.4 Å². The zero-order valence-corrected chi connectivity index (χ0v) is 17.3. The average molecular weight is 479 g/mol. The monoisotopic (exact) mass is 479 g/mol. The van der Waals surface area contributed by atoms with Crippen LogP contribution >= 0.6 is 0 Å². The van der Waals surface area contributed by atoms with Crippen LogP contribution < -0.4 is 5.32 Å². The van der Waals surface area contributed by atoms with E-state index >= 15 is 0 Å². The molecule has 176 valence electrons. The molecule has 2 aromatic heterocycles. The Labute approximate surface area is 188 Å². The van der Waals surface area contributed by atoms with Gasteiger partial charge in [-0.25, -0.2) is 9.36 Å². The van der Waals surface area contributed by atoms with Gasteiger partial charge in [0, 0.05) is 12.4 Å². The first-order valence-electron chi connectivity index (χ1n) is 9.70. The van der Waals surface area contributed by atoms with Crippen LogP contribution in [-0.4, -0.2) is 25.5 Å². The highest BCUT2D eigenvalue weighted by molar-refractivity contribution is 6.05. The number of alkyl halides is 6. The standard InChI is InChI=1S/C22H15F6N5O/c1-13-17(12-30-33(13)16-5-2-4-14(10-16)21(23,24)25)20(34)31-19-7-6-15(32-9-3-8-29-32)11-18(19)22(26,27)28/h2-12H,1H3,(H,31,34). The van der Waals surface area contributed by atoms with Gasteiger partial charge in [-0.3, -0.25) is 4.79 Å². The predicted octanol–water partition coefficient (Wildman–Crippen LogP) is 5.66. The molecule has 6 nitrogen and oxygen atoms in total. The van der Waals surface area contributed by atoms with E-state index in [-0.39, 0.29) is 22.6 Å². The first-order chi connectivity index (χ1) is 15.9. The van der Waals surface area contributed by atoms with Gasteiger partial charge >= 0.3 is 12.4 Å². The molecule has 0 aliphatic rings.